The van der Waals surface area contributed by atoms with Gasteiger partial charge >= 0.3 is 30.7 Å². The highest BCUT2D eigenvalue weighted by molar-refractivity contribution is 5.91. The molecule has 0 N–H and O–H groups in total. The number of rotatable bonds is 6. The molecule has 0 aliphatic carbocycles. The van der Waals surface area contributed by atoms with Crippen molar-refractivity contribution in [3.8, 4) is 0 Å². The van der Waals surface area contributed by atoms with Gasteiger partial charge in [0.05, 0.1) is 41.6 Å². The molecule has 15 heteroatoms. The Balaban J connectivity index is 2.28. The molecule has 0 saturated carbocycles. The minimum absolute atomic E-state index is 0.0564. The summed E-state index contributed by atoms with van der Waals surface area (Å²) in [5.41, 5.74) is -5.27. The monoisotopic (exact) mass is 642 g/mol. The molecule has 2 aromatic rings. The number of hydrogen-bond acceptors (Lipinski definition) is 4. The van der Waals surface area contributed by atoms with E-state index in [0.717, 1.165) is 24.1 Å². The molecule has 2 aromatic carbocycles. The first kappa shape index (κ1) is 34.8. The van der Waals surface area contributed by atoms with Gasteiger partial charge in [-0.15, -0.1) is 0 Å². The number of halogens is 9. The number of alkyl halides is 9. The highest BCUT2D eigenvalue weighted by atomic mass is 19.4. The molecule has 2 amide bonds. The Kier molecular flexibility index (Phi) is 10.1. The largest absolute Gasteiger partial charge is 0.453 e. The summed E-state index contributed by atoms with van der Waals surface area (Å²) < 4.78 is 133. The van der Waals surface area contributed by atoms with Crippen molar-refractivity contribution >= 4 is 17.9 Å². The Labute approximate surface area is 247 Å². The molecule has 3 rings (SSSR count). The third kappa shape index (κ3) is 7.70. The standard InChI is InChI=1S/C29H31F9N2O4/c1-6-16(4)23-13-24(21-12-18(27(30,31)32)7-8-22(21)40(23)26(42)44-15(2)3)39(25(41)43-5)14-17-9-19(28(33,34)35)11-20(10-17)29(36,37)38/h7-12,15-16,23-24H,6,13-14H2,1-5H3/t16?,23-,24-/m1/s1. The molecular weight excluding hydrogens is 611 g/mol. The quantitative estimate of drug-likeness (QED) is 0.295. The molecular formula is C29H31F9N2O4. The number of carbonyl (C=O) groups is 2. The van der Waals surface area contributed by atoms with Gasteiger partial charge in [0, 0.05) is 12.6 Å². The van der Waals surface area contributed by atoms with Crippen molar-refractivity contribution in [2.45, 2.75) is 83.8 Å². The fourth-order valence-electron chi connectivity index (χ4n) is 5.13. The van der Waals surface area contributed by atoms with Crippen molar-refractivity contribution in [1.82, 2.24) is 4.90 Å². The lowest BCUT2D eigenvalue weighted by molar-refractivity contribution is -0.143. The van der Waals surface area contributed by atoms with E-state index in [0.29, 0.717) is 24.6 Å². The first-order valence-corrected chi connectivity index (χ1v) is 13.5. The lowest BCUT2D eigenvalue weighted by Gasteiger charge is -2.46. The van der Waals surface area contributed by atoms with Crippen molar-refractivity contribution in [1.29, 1.82) is 0 Å². The van der Waals surface area contributed by atoms with Gasteiger partial charge in [0.1, 0.15) is 0 Å². The second-order valence-corrected chi connectivity index (χ2v) is 10.8. The van der Waals surface area contributed by atoms with Gasteiger partial charge in [-0.3, -0.25) is 9.80 Å². The van der Waals surface area contributed by atoms with Crippen LogP contribution >= 0.6 is 0 Å². The zero-order valence-electron chi connectivity index (χ0n) is 24.3. The number of fused-ring (bicyclic) bond motifs is 1. The summed E-state index contributed by atoms with van der Waals surface area (Å²) in [6, 6.07) is 1.10. The number of ether oxygens (including phenoxy) is 2. The smallest absolute Gasteiger partial charge is 0.416 e. The van der Waals surface area contributed by atoms with E-state index >= 15 is 0 Å². The molecule has 0 bridgehead atoms. The minimum atomic E-state index is -5.18. The van der Waals surface area contributed by atoms with Crippen LogP contribution in [0.3, 0.4) is 0 Å². The van der Waals surface area contributed by atoms with Crippen LogP contribution in [0.5, 0.6) is 0 Å². The molecule has 44 heavy (non-hydrogen) atoms. The third-order valence-electron chi connectivity index (χ3n) is 7.39. The number of anilines is 1. The number of benzene rings is 2. The summed E-state index contributed by atoms with van der Waals surface area (Å²) in [6.45, 7) is 5.79. The topological polar surface area (TPSA) is 59.1 Å². The lowest BCUT2D eigenvalue weighted by atomic mass is 9.83. The molecule has 1 aliphatic rings. The second-order valence-electron chi connectivity index (χ2n) is 10.8. The average Bonchev–Trinajstić information content (AvgIpc) is 2.91. The van der Waals surface area contributed by atoms with E-state index in [1.54, 1.807) is 27.7 Å². The van der Waals surface area contributed by atoms with E-state index in [-0.39, 0.29) is 29.7 Å². The fourth-order valence-corrected chi connectivity index (χ4v) is 5.13. The van der Waals surface area contributed by atoms with Gasteiger partial charge in [0.15, 0.2) is 0 Å². The van der Waals surface area contributed by atoms with Crippen molar-refractivity contribution in [3.63, 3.8) is 0 Å². The SMILES string of the molecule is CCC(C)[C@H]1C[C@@H](N(Cc2cc(C(F)(F)F)cc(C(F)(F)F)c2)C(=O)OC)c2cc(C(F)(F)F)ccc2N1C(=O)OC(C)C. The van der Waals surface area contributed by atoms with Crippen LogP contribution in [0.15, 0.2) is 36.4 Å². The van der Waals surface area contributed by atoms with Crippen LogP contribution in [0.1, 0.15) is 74.4 Å². The van der Waals surface area contributed by atoms with E-state index < -0.39 is 77.7 Å². The van der Waals surface area contributed by atoms with Crippen LogP contribution in [-0.4, -0.2) is 36.3 Å². The van der Waals surface area contributed by atoms with Gasteiger partial charge in [-0.1, -0.05) is 20.3 Å². The predicted octanol–water partition coefficient (Wildman–Crippen LogP) is 9.22. The number of nitrogens with zero attached hydrogens (tertiary/aromatic N) is 2. The molecule has 244 valence electrons. The average molecular weight is 643 g/mol. The molecule has 6 nitrogen and oxygen atoms in total. The summed E-state index contributed by atoms with van der Waals surface area (Å²) in [7, 11) is 0.914. The molecule has 1 heterocycles. The van der Waals surface area contributed by atoms with Gasteiger partial charge in [0.25, 0.3) is 0 Å². The molecule has 1 aliphatic heterocycles. The molecule has 0 aromatic heterocycles. The van der Waals surface area contributed by atoms with Crippen LogP contribution in [0, 0.1) is 5.92 Å². The first-order chi connectivity index (χ1) is 20.2. The number of carbonyl (C=O) groups excluding carboxylic acids is 2. The van der Waals surface area contributed by atoms with E-state index in [2.05, 4.69) is 0 Å². The summed E-state index contributed by atoms with van der Waals surface area (Å²) in [6.07, 6.45) is -17.7. The van der Waals surface area contributed by atoms with Crippen LogP contribution in [-0.2, 0) is 34.5 Å². The van der Waals surface area contributed by atoms with E-state index in [1.165, 1.54) is 4.90 Å². The van der Waals surface area contributed by atoms with E-state index in [1.807, 2.05) is 0 Å². The molecule has 0 radical (unpaired) electrons. The van der Waals surface area contributed by atoms with Crippen LogP contribution in [0.2, 0.25) is 0 Å². The zero-order valence-corrected chi connectivity index (χ0v) is 24.3. The Hall–Kier alpha value is -3.65. The fraction of sp³-hybridized carbons (Fsp3) is 0.517. The Morgan fingerprint density at radius 2 is 1.43 bits per heavy atom. The summed E-state index contributed by atoms with van der Waals surface area (Å²) >= 11 is 0. The van der Waals surface area contributed by atoms with Crippen molar-refractivity contribution in [2.24, 2.45) is 5.92 Å². The van der Waals surface area contributed by atoms with Crippen LogP contribution < -0.4 is 4.90 Å². The number of methoxy groups -OCH3 is 1. The molecule has 0 spiro atoms. The van der Waals surface area contributed by atoms with Gasteiger partial charge in [0.2, 0.25) is 0 Å². The molecule has 1 unspecified atom stereocenters. The van der Waals surface area contributed by atoms with E-state index in [9.17, 15) is 49.1 Å². The molecule has 3 atom stereocenters. The first-order valence-electron chi connectivity index (χ1n) is 13.5. The maximum Gasteiger partial charge on any atom is 0.416 e. The van der Waals surface area contributed by atoms with Crippen molar-refractivity contribution in [2.75, 3.05) is 12.0 Å². The maximum absolute atomic E-state index is 13.8. The maximum atomic E-state index is 13.8. The van der Waals surface area contributed by atoms with Gasteiger partial charge < -0.3 is 9.47 Å². The third-order valence-corrected chi connectivity index (χ3v) is 7.39. The van der Waals surface area contributed by atoms with E-state index in [4.69, 9.17) is 9.47 Å². The minimum Gasteiger partial charge on any atom is -0.453 e. The second kappa shape index (κ2) is 12.8. The van der Waals surface area contributed by atoms with Crippen LogP contribution in [0.25, 0.3) is 0 Å². The molecule has 0 saturated heterocycles. The van der Waals surface area contributed by atoms with Gasteiger partial charge in [-0.2, -0.15) is 39.5 Å². The number of hydrogen-bond donors (Lipinski definition) is 0. The normalized spacial score (nSPS) is 18.1. The lowest BCUT2D eigenvalue weighted by Crippen LogP contribution is -2.51. The Morgan fingerprint density at radius 3 is 1.89 bits per heavy atom. The predicted molar refractivity (Wildman–Crippen MR) is 141 cm³/mol. The number of amides is 2. The zero-order chi connectivity index (χ0) is 33.4. The highest BCUT2D eigenvalue weighted by Gasteiger charge is 2.45. The van der Waals surface area contributed by atoms with Crippen molar-refractivity contribution < 1.29 is 58.6 Å². The van der Waals surface area contributed by atoms with Crippen molar-refractivity contribution in [3.05, 3.63) is 64.2 Å². The summed E-state index contributed by atoms with van der Waals surface area (Å²) in [5, 5.41) is 0. The van der Waals surface area contributed by atoms with Crippen LogP contribution in [0.4, 0.5) is 54.8 Å². The highest BCUT2D eigenvalue weighted by Crippen LogP contribution is 2.46. The Morgan fingerprint density at radius 1 is 0.886 bits per heavy atom. The van der Waals surface area contributed by atoms with Gasteiger partial charge in [-0.25, -0.2) is 9.59 Å². The summed E-state index contributed by atoms with van der Waals surface area (Å²) in [5.74, 6) is -0.336. The van der Waals surface area contributed by atoms with Gasteiger partial charge in [-0.05, 0) is 73.7 Å². The Bertz CT molecular complexity index is 1320. The summed E-state index contributed by atoms with van der Waals surface area (Å²) in [4.78, 5) is 28.3. The molecule has 0 fully saturated rings.